The normalized spacial score (nSPS) is 12.8. The summed E-state index contributed by atoms with van der Waals surface area (Å²) < 4.78 is 86.1. The molecule has 5 rings (SSSR count). The van der Waals surface area contributed by atoms with Gasteiger partial charge in [0.15, 0.2) is 0 Å². The maximum atomic E-state index is 13.0. The molecule has 0 spiro atoms. The Morgan fingerprint density at radius 3 is 0.942 bits per heavy atom. The molecule has 3 aromatic rings. The highest BCUT2D eigenvalue weighted by atomic mass is 19.4. The summed E-state index contributed by atoms with van der Waals surface area (Å²) in [4.78, 5) is 0. The molecule has 0 heterocycles. The summed E-state index contributed by atoms with van der Waals surface area (Å²) in [6, 6.07) is 21.5. The molecule has 16 heteroatoms. The van der Waals surface area contributed by atoms with E-state index in [0.29, 0.717) is 0 Å². The third-order valence-electron chi connectivity index (χ3n) is 7.65. The second-order valence-corrected chi connectivity index (χ2v) is 10.3. The number of halogens is 6. The van der Waals surface area contributed by atoms with Crippen molar-refractivity contribution >= 4 is 22.3 Å². The lowest BCUT2D eigenvalue weighted by Crippen LogP contribution is -2.17. The van der Waals surface area contributed by atoms with E-state index in [0.717, 1.165) is 48.5 Å². The van der Waals surface area contributed by atoms with Crippen LogP contribution >= 0.6 is 0 Å². The number of nitrogens with zero attached hydrogens (tertiary/aromatic N) is 8. The molecular weight excluding hydrogens is 690 g/mol. The molecule has 0 atom stereocenters. The van der Waals surface area contributed by atoms with Crippen LogP contribution in [0.5, 0.6) is 11.5 Å². The fourth-order valence-electron chi connectivity index (χ4n) is 5.94. The van der Waals surface area contributed by atoms with Crippen LogP contribution in [0.2, 0.25) is 0 Å². The fourth-order valence-corrected chi connectivity index (χ4v) is 5.94. The van der Waals surface area contributed by atoms with Gasteiger partial charge in [0.2, 0.25) is 0 Å². The molecule has 0 unspecified atom stereocenters. The Morgan fingerprint density at radius 1 is 0.404 bits per heavy atom. The minimum absolute atomic E-state index is 0.0639. The van der Waals surface area contributed by atoms with Gasteiger partial charge in [0.25, 0.3) is 0 Å². The van der Waals surface area contributed by atoms with E-state index in [1.165, 1.54) is 0 Å². The van der Waals surface area contributed by atoms with Gasteiger partial charge in [-0.25, -0.2) is 0 Å². The first-order chi connectivity index (χ1) is 24.7. The zero-order valence-electron chi connectivity index (χ0n) is 25.3. The number of hydrogen-bond acceptors (Lipinski definition) is 10. The van der Waals surface area contributed by atoms with E-state index in [-0.39, 0.29) is 44.5 Å². The lowest BCUT2D eigenvalue weighted by molar-refractivity contribution is -0.275. The van der Waals surface area contributed by atoms with Gasteiger partial charge >= 0.3 is 12.7 Å². The molecule has 2 aliphatic carbocycles. The zero-order valence-corrected chi connectivity index (χ0v) is 25.3. The summed E-state index contributed by atoms with van der Waals surface area (Å²) in [6.07, 6.45) is -10.2. The van der Waals surface area contributed by atoms with Crippen molar-refractivity contribution in [2.45, 2.75) is 12.7 Å². The van der Waals surface area contributed by atoms with Crippen LogP contribution in [0.15, 0.2) is 70.8 Å². The summed E-state index contributed by atoms with van der Waals surface area (Å²) in [6.45, 7) is 0. The quantitative estimate of drug-likeness (QED) is 0.189. The highest BCUT2D eigenvalue weighted by Crippen LogP contribution is 2.59. The Morgan fingerprint density at radius 2 is 0.692 bits per heavy atom. The van der Waals surface area contributed by atoms with Gasteiger partial charge in [-0.05, 0) is 41.0 Å². The molecule has 0 bridgehead atoms. The SMILES string of the molecule is N#CC(C#N)=C1C(C#N)=C(C#N)c2c1c(-c1ccc(OC(F)(F)F)cc1)c1c(c2-c2ccc(OC(F)(F)F)cc2)C(C#N)=C(C#N)C1=C(C#N)C#N. The van der Waals surface area contributed by atoms with Crippen molar-refractivity contribution in [3.63, 3.8) is 0 Å². The highest BCUT2D eigenvalue weighted by Gasteiger charge is 2.44. The van der Waals surface area contributed by atoms with Gasteiger partial charge in [-0.2, -0.15) is 42.1 Å². The van der Waals surface area contributed by atoms with Gasteiger partial charge < -0.3 is 9.47 Å². The van der Waals surface area contributed by atoms with Gasteiger partial charge in [-0.3, -0.25) is 0 Å². The van der Waals surface area contributed by atoms with Crippen LogP contribution in [0.1, 0.15) is 22.3 Å². The second kappa shape index (κ2) is 13.0. The van der Waals surface area contributed by atoms with E-state index in [2.05, 4.69) is 9.47 Å². The molecular formula is C36H8F6N8O2. The topological polar surface area (TPSA) is 209 Å². The van der Waals surface area contributed by atoms with Crippen molar-refractivity contribution in [1.82, 2.24) is 0 Å². The number of hydrogen-bond donors (Lipinski definition) is 0. The van der Waals surface area contributed by atoms with Gasteiger partial charge in [0.05, 0.1) is 22.3 Å². The summed E-state index contributed by atoms with van der Waals surface area (Å²) in [7, 11) is 0. The molecule has 3 aromatic carbocycles. The first-order valence-corrected chi connectivity index (χ1v) is 13.9. The van der Waals surface area contributed by atoms with Crippen LogP contribution < -0.4 is 9.47 Å². The first-order valence-electron chi connectivity index (χ1n) is 13.9. The molecule has 2 aliphatic rings. The Hall–Kier alpha value is -8.28. The molecule has 0 aromatic heterocycles. The van der Waals surface area contributed by atoms with Crippen LogP contribution in [-0.2, 0) is 0 Å². The minimum Gasteiger partial charge on any atom is -0.406 e. The number of fused-ring (bicyclic) bond motifs is 2. The van der Waals surface area contributed by atoms with Crippen molar-refractivity contribution in [3.05, 3.63) is 93.1 Å². The summed E-state index contributed by atoms with van der Waals surface area (Å²) in [5.41, 5.74) is -6.07. The van der Waals surface area contributed by atoms with E-state index < -0.39 is 68.8 Å². The maximum Gasteiger partial charge on any atom is 0.573 e. The number of alkyl halides is 6. The smallest absolute Gasteiger partial charge is 0.406 e. The second-order valence-electron chi connectivity index (χ2n) is 10.3. The number of ether oxygens (including phenoxy) is 2. The number of benzene rings is 3. The Kier molecular flexibility index (Phi) is 8.74. The predicted octanol–water partition coefficient (Wildman–Crippen LogP) is 8.05. The largest absolute Gasteiger partial charge is 0.573 e. The molecule has 246 valence electrons. The Balaban J connectivity index is 2.13. The summed E-state index contributed by atoms with van der Waals surface area (Å²) >= 11 is 0. The van der Waals surface area contributed by atoms with Crippen molar-refractivity contribution < 1.29 is 35.8 Å². The van der Waals surface area contributed by atoms with Crippen LogP contribution in [0.3, 0.4) is 0 Å². The fraction of sp³-hybridized carbons (Fsp3) is 0.0556. The van der Waals surface area contributed by atoms with E-state index >= 15 is 0 Å². The molecule has 0 saturated carbocycles. The van der Waals surface area contributed by atoms with Crippen molar-refractivity contribution in [3.8, 4) is 82.3 Å². The molecule has 0 radical (unpaired) electrons. The maximum absolute atomic E-state index is 13.0. The highest BCUT2D eigenvalue weighted by molar-refractivity contribution is 6.23. The monoisotopic (exact) mass is 698 g/mol. The number of nitriles is 8. The Bertz CT molecular complexity index is 2450. The number of allylic oxidation sites excluding steroid dienone is 8. The van der Waals surface area contributed by atoms with Gasteiger partial charge in [0, 0.05) is 39.0 Å². The minimum atomic E-state index is -5.11. The van der Waals surface area contributed by atoms with Crippen molar-refractivity contribution in [2.24, 2.45) is 0 Å². The zero-order chi connectivity index (χ0) is 38.1. The van der Waals surface area contributed by atoms with Crippen LogP contribution in [-0.4, -0.2) is 12.7 Å². The molecule has 0 aliphatic heterocycles. The average Bonchev–Trinajstić information content (AvgIpc) is 3.60. The lowest BCUT2D eigenvalue weighted by atomic mass is 9.78. The van der Waals surface area contributed by atoms with Crippen molar-refractivity contribution in [1.29, 1.82) is 42.1 Å². The van der Waals surface area contributed by atoms with E-state index in [4.69, 9.17) is 0 Å². The Labute approximate surface area is 288 Å². The van der Waals surface area contributed by atoms with E-state index in [9.17, 15) is 68.4 Å². The van der Waals surface area contributed by atoms with Crippen LogP contribution in [0.4, 0.5) is 26.3 Å². The van der Waals surface area contributed by atoms with Crippen LogP contribution in [0.25, 0.3) is 44.5 Å². The molecule has 10 nitrogen and oxygen atoms in total. The van der Waals surface area contributed by atoms with Gasteiger partial charge in [-0.1, -0.05) is 24.3 Å². The third-order valence-corrected chi connectivity index (χ3v) is 7.65. The van der Waals surface area contributed by atoms with Crippen molar-refractivity contribution in [2.75, 3.05) is 0 Å². The van der Waals surface area contributed by atoms with Gasteiger partial charge in [-0.15, -0.1) is 26.3 Å². The van der Waals surface area contributed by atoms with Crippen LogP contribution in [0, 0.1) is 90.6 Å². The summed E-state index contributed by atoms with van der Waals surface area (Å²) in [5, 5.41) is 81.5. The standard InChI is InChI=1S/C36H8F6N8O2/c37-35(38,39)51-21-5-1-17(2-6-21)29-31-25(15-49)23(13-47)27(19(9-43)10-44)33(31)30(18-3-7-22(8-4-18)52-36(40,41)42)34-28(20(11-45)12-46)24(14-48)26(16-50)32(29)34/h1-8H. The molecule has 52 heavy (non-hydrogen) atoms. The lowest BCUT2D eigenvalue weighted by Gasteiger charge is -2.23. The van der Waals surface area contributed by atoms with E-state index in [1.54, 1.807) is 36.4 Å². The first kappa shape index (κ1) is 35.0. The average molecular weight is 699 g/mol. The van der Waals surface area contributed by atoms with E-state index in [1.807, 2.05) is 12.1 Å². The number of rotatable bonds is 4. The molecule has 0 N–H and O–H groups in total. The third kappa shape index (κ3) is 5.75. The summed E-state index contributed by atoms with van der Waals surface area (Å²) in [5.74, 6) is -1.40. The molecule has 0 fully saturated rings. The molecule has 0 saturated heterocycles. The van der Waals surface area contributed by atoms with Gasteiger partial charge in [0.1, 0.15) is 71.2 Å². The predicted molar refractivity (Wildman–Crippen MR) is 163 cm³/mol. The molecule has 0 amide bonds.